The molecule has 0 aliphatic carbocycles. The van der Waals surface area contributed by atoms with Crippen molar-refractivity contribution in [2.45, 2.75) is 13.0 Å². The topological polar surface area (TPSA) is 21.3 Å². The van der Waals surface area contributed by atoms with Gasteiger partial charge in [-0.25, -0.2) is 0 Å². The summed E-state index contributed by atoms with van der Waals surface area (Å²) in [5, 5.41) is 4.11. The molecule has 1 aromatic rings. The van der Waals surface area contributed by atoms with E-state index in [9.17, 15) is 0 Å². The molecular weight excluding hydrogens is 245 g/mol. The van der Waals surface area contributed by atoms with E-state index < -0.39 is 0 Å². The molecule has 4 heteroatoms. The summed E-state index contributed by atoms with van der Waals surface area (Å²) in [6.45, 7) is 3.73. The molecule has 1 atom stereocenters. The third kappa shape index (κ3) is 4.30. The zero-order valence-electron chi connectivity index (χ0n) is 9.12. The Labute approximate surface area is 108 Å². The SMILES string of the molecule is Cl.Clc1cccc(COCC2CCNC2)c1. The van der Waals surface area contributed by atoms with Gasteiger partial charge in [0.2, 0.25) is 0 Å². The maximum atomic E-state index is 5.89. The zero-order chi connectivity index (χ0) is 10.5. The van der Waals surface area contributed by atoms with Crippen molar-refractivity contribution in [1.82, 2.24) is 5.32 Å². The van der Waals surface area contributed by atoms with Crippen LogP contribution in [0.3, 0.4) is 0 Å². The van der Waals surface area contributed by atoms with Gasteiger partial charge in [-0.3, -0.25) is 0 Å². The van der Waals surface area contributed by atoms with E-state index >= 15 is 0 Å². The molecule has 1 fully saturated rings. The molecule has 1 aliphatic heterocycles. The van der Waals surface area contributed by atoms with Gasteiger partial charge in [-0.2, -0.15) is 0 Å². The first-order valence-corrected chi connectivity index (χ1v) is 5.75. The summed E-state index contributed by atoms with van der Waals surface area (Å²) in [5.41, 5.74) is 1.15. The summed E-state index contributed by atoms with van der Waals surface area (Å²) >= 11 is 5.89. The van der Waals surface area contributed by atoms with Gasteiger partial charge in [0.25, 0.3) is 0 Å². The smallest absolute Gasteiger partial charge is 0.0717 e. The van der Waals surface area contributed by atoms with Gasteiger partial charge < -0.3 is 10.1 Å². The van der Waals surface area contributed by atoms with E-state index in [2.05, 4.69) is 5.32 Å². The predicted molar refractivity (Wildman–Crippen MR) is 69.3 cm³/mol. The molecule has 0 amide bonds. The largest absolute Gasteiger partial charge is 0.376 e. The van der Waals surface area contributed by atoms with Crippen LogP contribution >= 0.6 is 24.0 Å². The highest BCUT2D eigenvalue weighted by molar-refractivity contribution is 6.30. The van der Waals surface area contributed by atoms with Crippen LogP contribution in [0.2, 0.25) is 5.02 Å². The lowest BCUT2D eigenvalue weighted by molar-refractivity contribution is 0.0925. The van der Waals surface area contributed by atoms with E-state index in [4.69, 9.17) is 16.3 Å². The molecule has 0 spiro atoms. The van der Waals surface area contributed by atoms with Crippen LogP contribution in [0.25, 0.3) is 0 Å². The third-order valence-corrected chi connectivity index (χ3v) is 2.91. The highest BCUT2D eigenvalue weighted by atomic mass is 35.5. The van der Waals surface area contributed by atoms with Crippen molar-refractivity contribution in [1.29, 1.82) is 0 Å². The Hall–Kier alpha value is -0.280. The molecule has 1 aromatic carbocycles. The summed E-state index contributed by atoms with van der Waals surface area (Å²) in [7, 11) is 0. The first-order chi connectivity index (χ1) is 7.34. The van der Waals surface area contributed by atoms with Gasteiger partial charge in [0, 0.05) is 11.6 Å². The van der Waals surface area contributed by atoms with Crippen LogP contribution in [0, 0.1) is 5.92 Å². The number of hydrogen-bond acceptors (Lipinski definition) is 2. The number of halogens is 2. The summed E-state index contributed by atoms with van der Waals surface area (Å²) in [6, 6.07) is 7.83. The number of benzene rings is 1. The Morgan fingerprint density at radius 1 is 1.44 bits per heavy atom. The highest BCUT2D eigenvalue weighted by Crippen LogP contribution is 2.13. The molecule has 1 unspecified atom stereocenters. The second-order valence-electron chi connectivity index (χ2n) is 4.00. The summed E-state index contributed by atoms with van der Waals surface area (Å²) in [4.78, 5) is 0. The van der Waals surface area contributed by atoms with Crippen molar-refractivity contribution in [3.8, 4) is 0 Å². The molecular formula is C12H17Cl2NO. The minimum absolute atomic E-state index is 0. The molecule has 1 saturated heterocycles. The highest BCUT2D eigenvalue weighted by Gasteiger charge is 2.13. The molecule has 0 bridgehead atoms. The second-order valence-corrected chi connectivity index (χ2v) is 4.44. The van der Waals surface area contributed by atoms with Gasteiger partial charge in [-0.15, -0.1) is 12.4 Å². The average Bonchev–Trinajstić information content (AvgIpc) is 2.71. The lowest BCUT2D eigenvalue weighted by Crippen LogP contribution is -2.13. The predicted octanol–water partition coefficient (Wildman–Crippen LogP) is 2.89. The zero-order valence-corrected chi connectivity index (χ0v) is 10.7. The number of nitrogens with one attached hydrogen (secondary N) is 1. The fraction of sp³-hybridized carbons (Fsp3) is 0.500. The monoisotopic (exact) mass is 261 g/mol. The average molecular weight is 262 g/mol. The fourth-order valence-electron chi connectivity index (χ4n) is 1.83. The van der Waals surface area contributed by atoms with Crippen LogP contribution < -0.4 is 5.32 Å². The molecule has 1 heterocycles. The first-order valence-electron chi connectivity index (χ1n) is 5.37. The van der Waals surface area contributed by atoms with Crippen molar-refractivity contribution in [2.75, 3.05) is 19.7 Å². The number of hydrogen-bond donors (Lipinski definition) is 1. The van der Waals surface area contributed by atoms with E-state index in [0.717, 1.165) is 30.3 Å². The Balaban J connectivity index is 0.00000128. The molecule has 1 N–H and O–H groups in total. The van der Waals surface area contributed by atoms with Gasteiger partial charge in [0.05, 0.1) is 13.2 Å². The van der Waals surface area contributed by atoms with E-state index in [1.54, 1.807) is 0 Å². The standard InChI is InChI=1S/C12H16ClNO.ClH/c13-12-3-1-2-10(6-12)8-15-9-11-4-5-14-7-11;/h1-3,6,11,14H,4-5,7-9H2;1H. The van der Waals surface area contributed by atoms with Crippen LogP contribution in [0.1, 0.15) is 12.0 Å². The fourth-order valence-corrected chi connectivity index (χ4v) is 2.04. The molecule has 2 nitrogen and oxygen atoms in total. The molecule has 2 rings (SSSR count). The third-order valence-electron chi connectivity index (χ3n) is 2.67. The maximum Gasteiger partial charge on any atom is 0.0717 e. The lowest BCUT2D eigenvalue weighted by atomic mass is 10.1. The van der Waals surface area contributed by atoms with Gasteiger partial charge in [-0.1, -0.05) is 23.7 Å². The van der Waals surface area contributed by atoms with E-state index in [-0.39, 0.29) is 12.4 Å². The van der Waals surface area contributed by atoms with E-state index in [1.165, 1.54) is 6.42 Å². The van der Waals surface area contributed by atoms with Gasteiger partial charge in [-0.05, 0) is 36.6 Å². The van der Waals surface area contributed by atoms with E-state index in [0.29, 0.717) is 12.5 Å². The minimum Gasteiger partial charge on any atom is -0.376 e. The molecule has 1 aliphatic rings. The Bertz CT molecular complexity index is 314. The Morgan fingerprint density at radius 3 is 3.00 bits per heavy atom. The number of ether oxygens (including phenoxy) is 1. The summed E-state index contributed by atoms with van der Waals surface area (Å²) in [5.74, 6) is 0.684. The Kier molecular flexibility index (Phi) is 6.14. The van der Waals surface area contributed by atoms with Crippen molar-refractivity contribution in [2.24, 2.45) is 5.92 Å². The van der Waals surface area contributed by atoms with Crippen molar-refractivity contribution < 1.29 is 4.74 Å². The van der Waals surface area contributed by atoms with Crippen molar-refractivity contribution in [3.05, 3.63) is 34.9 Å². The van der Waals surface area contributed by atoms with Crippen LogP contribution in [0.5, 0.6) is 0 Å². The normalized spacial score (nSPS) is 19.4. The van der Waals surface area contributed by atoms with Crippen LogP contribution in [-0.2, 0) is 11.3 Å². The minimum atomic E-state index is 0. The molecule has 90 valence electrons. The molecule has 0 saturated carbocycles. The van der Waals surface area contributed by atoms with Crippen LogP contribution in [-0.4, -0.2) is 19.7 Å². The lowest BCUT2D eigenvalue weighted by Gasteiger charge is -2.09. The van der Waals surface area contributed by atoms with Gasteiger partial charge >= 0.3 is 0 Å². The second kappa shape index (κ2) is 7.13. The Morgan fingerprint density at radius 2 is 2.31 bits per heavy atom. The van der Waals surface area contributed by atoms with Crippen molar-refractivity contribution >= 4 is 24.0 Å². The molecule has 16 heavy (non-hydrogen) atoms. The molecule has 0 radical (unpaired) electrons. The van der Waals surface area contributed by atoms with Gasteiger partial charge in [0.1, 0.15) is 0 Å². The van der Waals surface area contributed by atoms with Crippen molar-refractivity contribution in [3.63, 3.8) is 0 Å². The summed E-state index contributed by atoms with van der Waals surface area (Å²) < 4.78 is 5.66. The quantitative estimate of drug-likeness (QED) is 0.900. The maximum absolute atomic E-state index is 5.89. The van der Waals surface area contributed by atoms with Crippen LogP contribution in [0.15, 0.2) is 24.3 Å². The van der Waals surface area contributed by atoms with Crippen LogP contribution in [0.4, 0.5) is 0 Å². The summed E-state index contributed by atoms with van der Waals surface area (Å²) in [6.07, 6.45) is 1.23. The number of rotatable bonds is 4. The molecule has 0 aromatic heterocycles. The first kappa shape index (κ1) is 13.8. The van der Waals surface area contributed by atoms with E-state index in [1.807, 2.05) is 24.3 Å². The van der Waals surface area contributed by atoms with Gasteiger partial charge in [0.15, 0.2) is 0 Å².